The lowest BCUT2D eigenvalue weighted by molar-refractivity contribution is 0.464. The molecule has 0 saturated heterocycles. The van der Waals surface area contributed by atoms with Gasteiger partial charge in [-0.05, 0) is 135 Å². The number of nitrogens with one attached hydrogen (secondary N) is 2. The fourth-order valence-electron chi connectivity index (χ4n) is 10.2. The number of nitrogens with zero attached hydrogens (tertiary/aromatic N) is 5. The number of allylic oxidation sites excluding steroid dienone is 8. The lowest BCUT2D eigenvalue weighted by atomic mass is 9.62. The molecule has 0 atom stereocenters. The maximum atomic E-state index is 9.24. The molecule has 2 N–H and O–H groups in total. The molecule has 0 amide bonds. The maximum Gasteiger partial charge on any atom is 0.221 e. The number of ether oxygens (including phenoxy) is 1. The summed E-state index contributed by atoms with van der Waals surface area (Å²) in [5.41, 5.74) is 12.4. The fraction of sp³-hybridized carbons (Fsp3) is 0.188. The van der Waals surface area contributed by atoms with Gasteiger partial charge in [0.05, 0.1) is 46.3 Å². The Bertz CT molecular complexity index is 4090. The molecule has 0 unspecified atom stereocenters. The minimum atomic E-state index is -0.488. The highest BCUT2D eigenvalue weighted by atomic mass is 16.5. The smallest absolute Gasteiger partial charge is 0.221 e. The van der Waals surface area contributed by atoms with Crippen molar-refractivity contribution in [3.8, 4) is 28.7 Å². The molecule has 11 rings (SSSR count). The van der Waals surface area contributed by atoms with E-state index < -0.39 is 18.1 Å². The molecule has 2 radical (unpaired) electrons. The largest absolute Gasteiger partial charge is 0.439 e. The number of fused-ring (bicyclic) bond motifs is 4. The van der Waals surface area contributed by atoms with E-state index in [0.717, 1.165) is 77.9 Å². The second-order valence-corrected chi connectivity index (χ2v) is 23.1. The molecule has 3 aliphatic rings. The van der Waals surface area contributed by atoms with Crippen LogP contribution in [0, 0.1) is 0 Å². The van der Waals surface area contributed by atoms with E-state index in [0.29, 0.717) is 18.1 Å². The molecule has 3 aliphatic heterocycles. The van der Waals surface area contributed by atoms with Crippen molar-refractivity contribution in [3.05, 3.63) is 247 Å². The van der Waals surface area contributed by atoms with Crippen LogP contribution >= 0.6 is 0 Å². The number of pyridine rings is 2. The van der Waals surface area contributed by atoms with Gasteiger partial charge in [-0.2, -0.15) is 0 Å². The van der Waals surface area contributed by atoms with Gasteiger partial charge in [0.15, 0.2) is 14.6 Å². The number of rotatable bonds is 8. The minimum absolute atomic E-state index is 0.0396. The van der Waals surface area contributed by atoms with Crippen LogP contribution in [0.15, 0.2) is 219 Å². The summed E-state index contributed by atoms with van der Waals surface area (Å²) in [7, 11) is 4.29. The number of aromatic nitrogens is 3. The van der Waals surface area contributed by atoms with Crippen molar-refractivity contribution in [2.75, 3.05) is 16.5 Å². The van der Waals surface area contributed by atoms with Crippen LogP contribution in [0.1, 0.15) is 97.0 Å². The lowest BCUT2D eigenvalue weighted by Gasteiger charge is -2.31. The molecule has 10 heteroatoms. The van der Waals surface area contributed by atoms with Crippen LogP contribution in [-0.2, 0) is 16.2 Å². The van der Waals surface area contributed by atoms with Crippen LogP contribution in [0.4, 0.5) is 22.7 Å². The van der Waals surface area contributed by atoms with Crippen molar-refractivity contribution in [1.82, 2.24) is 25.2 Å². The maximum absolute atomic E-state index is 9.24. The van der Waals surface area contributed by atoms with E-state index >= 15 is 0 Å². The standard InChI is InChI=1S/C69H67B2N7O/c1-67(2,3)48-27-30-60-54(39-48)53-29-28-52(45-63(53)78(60)64-42-49(31-38-74-64)68(4,5)6)79-65-44-51(43-59(75-65)47-21-11-10-12-22-47)76-46-77(62-26-14-13-25-61(62)76)66-55(57-23-19-36-72-34-17-15-32-70-57)40-50(69(7,8)9)41-56(66)58-24-20-37-73-35-18-16-33-71-58/h10-45,72-73H,46H2,1-9H3/b32-15-,33-16-,34-17-,35-18-,36-19-,37-20-,57-23-,58-24-/i10D,11D,12D,21D,22D. The van der Waals surface area contributed by atoms with Gasteiger partial charge >= 0.3 is 0 Å². The number of benzene rings is 5. The molecule has 390 valence electrons. The van der Waals surface area contributed by atoms with E-state index in [1.54, 1.807) is 6.07 Å². The zero-order valence-corrected chi connectivity index (χ0v) is 46.4. The Morgan fingerprint density at radius 2 is 1.19 bits per heavy atom. The van der Waals surface area contributed by atoms with Gasteiger partial charge < -0.3 is 25.2 Å². The van der Waals surface area contributed by atoms with Gasteiger partial charge in [0.2, 0.25) is 5.88 Å². The summed E-state index contributed by atoms with van der Waals surface area (Å²) < 4.78 is 53.8. The Morgan fingerprint density at radius 1 is 0.570 bits per heavy atom. The molecule has 0 saturated carbocycles. The van der Waals surface area contributed by atoms with Crippen molar-refractivity contribution in [3.63, 3.8) is 0 Å². The SMILES string of the molecule is [2H]c1c([2H])c([2H])c(-c2cc(N3CN(c4c(/C5=C/C=C\N/C=C\C=C/[B]5)cc(C(C)(C)C)cc4/C4=C/C=C\N/C=C\C=C/[B]4)c4ccccc43)cc(Oc3ccc4c5cc(C(C)(C)C)ccc5n(-c5cc(C(C)(C)C)ccn5)c4c3)n2)c([2H])c1[2H]. The fourth-order valence-corrected chi connectivity index (χ4v) is 10.2. The van der Waals surface area contributed by atoms with E-state index in [1.165, 1.54) is 5.56 Å². The number of hydrogen-bond acceptors (Lipinski definition) is 7. The molecule has 79 heavy (non-hydrogen) atoms. The van der Waals surface area contributed by atoms with Gasteiger partial charge in [-0.3, -0.25) is 4.57 Å². The summed E-state index contributed by atoms with van der Waals surface area (Å²) in [5, 5.41) is 8.59. The Morgan fingerprint density at radius 3 is 1.84 bits per heavy atom. The second kappa shape index (κ2) is 21.6. The molecule has 0 spiro atoms. The van der Waals surface area contributed by atoms with Gasteiger partial charge in [0.25, 0.3) is 0 Å². The predicted octanol–water partition coefficient (Wildman–Crippen LogP) is 16.6. The normalized spacial score (nSPS) is 19.4. The van der Waals surface area contributed by atoms with Crippen LogP contribution in [0.5, 0.6) is 11.6 Å². The third kappa shape index (κ3) is 11.1. The van der Waals surface area contributed by atoms with Gasteiger partial charge in [-0.25, -0.2) is 9.97 Å². The topological polar surface area (TPSA) is 70.5 Å². The number of hydrogen-bond donors (Lipinski definition) is 2. The summed E-state index contributed by atoms with van der Waals surface area (Å²) >= 11 is 0. The Balaban J connectivity index is 1.12. The Labute approximate surface area is 475 Å². The van der Waals surface area contributed by atoms with E-state index in [1.807, 2.05) is 97.8 Å². The molecular formula is C69H67B2N7O. The second-order valence-electron chi connectivity index (χ2n) is 23.1. The third-order valence-electron chi connectivity index (χ3n) is 14.5. The van der Waals surface area contributed by atoms with Crippen LogP contribution in [-0.4, -0.2) is 35.8 Å². The molecule has 3 aromatic heterocycles. The summed E-state index contributed by atoms with van der Waals surface area (Å²) in [6, 6.07) is 31.3. The summed E-state index contributed by atoms with van der Waals surface area (Å²) in [5.74, 6) is 5.53. The lowest BCUT2D eigenvalue weighted by Crippen LogP contribution is -2.27. The summed E-state index contributed by atoms with van der Waals surface area (Å²) in [6.07, 6.45) is 25.7. The minimum Gasteiger partial charge on any atom is -0.439 e. The van der Waals surface area contributed by atoms with E-state index in [4.69, 9.17) is 18.8 Å². The van der Waals surface area contributed by atoms with Gasteiger partial charge in [-0.15, -0.1) is 12.0 Å². The van der Waals surface area contributed by atoms with Crippen LogP contribution in [0.3, 0.4) is 0 Å². The quantitative estimate of drug-likeness (QED) is 0.147. The first kappa shape index (κ1) is 46.4. The molecule has 0 fully saturated rings. The highest BCUT2D eigenvalue weighted by Gasteiger charge is 2.34. The van der Waals surface area contributed by atoms with Crippen molar-refractivity contribution in [2.24, 2.45) is 0 Å². The molecule has 0 aliphatic carbocycles. The van der Waals surface area contributed by atoms with E-state index in [-0.39, 0.29) is 45.5 Å². The predicted molar refractivity (Wildman–Crippen MR) is 335 cm³/mol. The van der Waals surface area contributed by atoms with Gasteiger partial charge in [0, 0.05) is 59.5 Å². The molecule has 8 aromatic rings. The van der Waals surface area contributed by atoms with Crippen molar-refractivity contribution >= 4 is 70.1 Å². The highest BCUT2D eigenvalue weighted by molar-refractivity contribution is 6.67. The molecule has 6 heterocycles. The average molecular weight is 1040 g/mol. The first-order chi connectivity index (χ1) is 40.2. The Hall–Kier alpha value is -8.75. The zero-order chi connectivity index (χ0) is 59.2. The molecular weight excluding hydrogens is 964 g/mol. The summed E-state index contributed by atoms with van der Waals surface area (Å²) in [4.78, 5) is 14.5. The van der Waals surface area contributed by atoms with E-state index in [9.17, 15) is 2.74 Å². The monoisotopic (exact) mass is 1040 g/mol. The van der Waals surface area contributed by atoms with Crippen molar-refractivity contribution in [2.45, 2.75) is 78.6 Å². The summed E-state index contributed by atoms with van der Waals surface area (Å²) in [6.45, 7) is 20.3. The van der Waals surface area contributed by atoms with Crippen molar-refractivity contribution in [1.29, 1.82) is 0 Å². The number of para-hydroxylation sites is 2. The zero-order valence-electron chi connectivity index (χ0n) is 51.4. The van der Waals surface area contributed by atoms with Crippen LogP contribution in [0.25, 0.3) is 49.8 Å². The third-order valence-corrected chi connectivity index (χ3v) is 14.5. The number of anilines is 4. The van der Waals surface area contributed by atoms with Crippen molar-refractivity contribution < 1.29 is 11.6 Å². The van der Waals surface area contributed by atoms with Crippen LogP contribution in [0.2, 0.25) is 0 Å². The molecule has 0 bridgehead atoms. The molecule has 8 nitrogen and oxygen atoms in total. The first-order valence-electron chi connectivity index (χ1n) is 29.4. The first-order valence-corrected chi connectivity index (χ1v) is 26.9. The van der Waals surface area contributed by atoms with Crippen LogP contribution < -0.4 is 25.2 Å². The highest BCUT2D eigenvalue weighted by Crippen LogP contribution is 2.50. The van der Waals surface area contributed by atoms with E-state index in [2.05, 4.69) is 187 Å². The van der Waals surface area contributed by atoms with Gasteiger partial charge in [-0.1, -0.05) is 146 Å². The molecule has 5 aromatic carbocycles. The average Bonchev–Trinajstić information content (AvgIpc) is 2.36. The Kier molecular flexibility index (Phi) is 12.7. The van der Waals surface area contributed by atoms with Gasteiger partial charge in [0.1, 0.15) is 18.2 Å².